The molecule has 1 aliphatic carbocycles. The number of methoxy groups -OCH3 is 1. The van der Waals surface area contributed by atoms with Gasteiger partial charge in [-0.1, -0.05) is 12.5 Å². The number of rotatable bonds is 5. The van der Waals surface area contributed by atoms with E-state index in [4.69, 9.17) is 10.5 Å². The molecule has 0 aromatic heterocycles. The Labute approximate surface area is 147 Å². The number of likely N-dealkylation sites (tertiary alicyclic amines) is 1. The van der Waals surface area contributed by atoms with Crippen molar-refractivity contribution in [3.8, 4) is 5.75 Å². The highest BCUT2D eigenvalue weighted by atomic mass is 16.5. The lowest BCUT2D eigenvalue weighted by molar-refractivity contribution is -0.140. The molecule has 1 amide bonds. The van der Waals surface area contributed by atoms with Gasteiger partial charge in [-0.15, -0.1) is 10.2 Å². The largest absolute Gasteiger partial charge is 0.497 e. The number of piperidine rings is 1. The van der Waals surface area contributed by atoms with Crippen molar-refractivity contribution in [3.05, 3.63) is 24.3 Å². The number of amides is 1. The number of carbonyl (C=O) groups is 1. The number of hydrogen-bond acceptors (Lipinski definition) is 4. The van der Waals surface area contributed by atoms with Crippen molar-refractivity contribution in [2.75, 3.05) is 13.7 Å². The second-order valence-electron chi connectivity index (χ2n) is 6.59. The Kier molecular flexibility index (Phi) is 5.63. The van der Waals surface area contributed by atoms with Crippen molar-refractivity contribution < 1.29 is 9.53 Å². The molecule has 134 valence electrons. The van der Waals surface area contributed by atoms with E-state index < -0.39 is 0 Å². The summed E-state index contributed by atoms with van der Waals surface area (Å²) < 4.78 is 5.15. The third-order valence-electron chi connectivity index (χ3n) is 4.96. The Morgan fingerprint density at radius 2 is 2.08 bits per heavy atom. The van der Waals surface area contributed by atoms with Crippen LogP contribution in [0.25, 0.3) is 0 Å². The zero-order chi connectivity index (χ0) is 17.6. The van der Waals surface area contributed by atoms with Gasteiger partial charge in [-0.05, 0) is 49.5 Å². The van der Waals surface area contributed by atoms with Crippen LogP contribution in [0.3, 0.4) is 0 Å². The summed E-state index contributed by atoms with van der Waals surface area (Å²) in [5.41, 5.74) is 6.77. The minimum absolute atomic E-state index is 0.161. The smallest absolute Gasteiger partial charge is 0.226 e. The van der Waals surface area contributed by atoms with Gasteiger partial charge in [0.25, 0.3) is 0 Å². The molecule has 0 bridgehead atoms. The maximum atomic E-state index is 12.6. The normalized spacial score (nSPS) is 22.0. The third kappa shape index (κ3) is 4.15. The second-order valence-corrected chi connectivity index (χ2v) is 6.59. The molecular formula is C18H25N5O2. The van der Waals surface area contributed by atoms with Gasteiger partial charge in [0.05, 0.1) is 18.8 Å². The second kappa shape index (κ2) is 8.09. The fourth-order valence-corrected chi connectivity index (χ4v) is 3.26. The zero-order valence-corrected chi connectivity index (χ0v) is 14.6. The fourth-order valence-electron chi connectivity index (χ4n) is 3.26. The van der Waals surface area contributed by atoms with E-state index in [9.17, 15) is 4.79 Å². The Hall–Kier alpha value is -2.44. The van der Waals surface area contributed by atoms with Crippen molar-refractivity contribution in [1.82, 2.24) is 4.90 Å². The number of benzene rings is 1. The lowest BCUT2D eigenvalue weighted by atomic mass is 9.83. The molecule has 1 saturated heterocycles. The van der Waals surface area contributed by atoms with Gasteiger partial charge in [-0.2, -0.15) is 0 Å². The highest BCUT2D eigenvalue weighted by Crippen LogP contribution is 2.31. The molecule has 2 N–H and O–H groups in total. The summed E-state index contributed by atoms with van der Waals surface area (Å²) in [5, 5.41) is 12.0. The molecule has 7 nitrogen and oxygen atoms in total. The molecule has 25 heavy (non-hydrogen) atoms. The molecule has 1 aromatic rings. The quantitative estimate of drug-likeness (QED) is 0.385. The van der Waals surface area contributed by atoms with Crippen LogP contribution in [0.1, 0.15) is 38.5 Å². The van der Waals surface area contributed by atoms with Gasteiger partial charge in [-0.25, -0.2) is 0 Å². The summed E-state index contributed by atoms with van der Waals surface area (Å²) in [6.45, 7) is 0.753. The van der Waals surface area contributed by atoms with Crippen LogP contribution in [0.15, 0.2) is 39.7 Å². The summed E-state index contributed by atoms with van der Waals surface area (Å²) >= 11 is 0. The van der Waals surface area contributed by atoms with Crippen LogP contribution in [0.5, 0.6) is 5.75 Å². The van der Waals surface area contributed by atoms with Crippen molar-refractivity contribution in [2.45, 2.75) is 44.6 Å². The van der Waals surface area contributed by atoms with E-state index in [-0.39, 0.29) is 17.9 Å². The predicted molar refractivity (Wildman–Crippen MR) is 95.8 cm³/mol. The standard InChI is InChI=1S/C18H25N5O2/c1-25-15-9-5-8-14(12-15)20-22-21-17(19)16-10-2-3-11-23(16)18(24)13-6-4-7-13/h5,8-9,12-13,16H,2-4,6-7,10-11H2,1H3,(H2,19,20,21). The van der Waals surface area contributed by atoms with Crippen LogP contribution < -0.4 is 10.5 Å². The average molecular weight is 343 g/mol. The van der Waals surface area contributed by atoms with E-state index in [1.807, 2.05) is 23.1 Å². The van der Waals surface area contributed by atoms with Crippen molar-refractivity contribution in [3.63, 3.8) is 0 Å². The summed E-state index contributed by atoms with van der Waals surface area (Å²) in [7, 11) is 1.60. The fraction of sp³-hybridized carbons (Fsp3) is 0.556. The summed E-state index contributed by atoms with van der Waals surface area (Å²) in [6.07, 6.45) is 6.04. The lowest BCUT2D eigenvalue weighted by Gasteiger charge is -2.39. The van der Waals surface area contributed by atoms with Crippen molar-refractivity contribution in [1.29, 1.82) is 0 Å². The molecule has 1 aliphatic heterocycles. The maximum Gasteiger partial charge on any atom is 0.226 e. The minimum atomic E-state index is -0.161. The number of amidine groups is 1. The average Bonchev–Trinajstić information content (AvgIpc) is 2.60. The molecule has 1 saturated carbocycles. The Balaban J connectivity index is 1.68. The SMILES string of the molecule is COc1cccc(N=NN=C(N)C2CCCCN2C(=O)C2CCC2)c1. The highest BCUT2D eigenvalue weighted by molar-refractivity contribution is 5.91. The zero-order valence-electron chi connectivity index (χ0n) is 14.6. The molecule has 1 aromatic carbocycles. The molecule has 1 unspecified atom stereocenters. The molecule has 1 heterocycles. The van der Waals surface area contributed by atoms with Crippen LogP contribution in [0, 0.1) is 5.92 Å². The molecular weight excluding hydrogens is 318 g/mol. The van der Waals surface area contributed by atoms with E-state index in [2.05, 4.69) is 15.4 Å². The van der Waals surface area contributed by atoms with E-state index in [1.54, 1.807) is 13.2 Å². The van der Waals surface area contributed by atoms with Gasteiger partial charge in [-0.3, -0.25) is 4.79 Å². The monoisotopic (exact) mass is 343 g/mol. The van der Waals surface area contributed by atoms with Gasteiger partial charge < -0.3 is 15.4 Å². The Bertz CT molecular complexity index is 669. The Morgan fingerprint density at radius 1 is 1.24 bits per heavy atom. The third-order valence-corrected chi connectivity index (χ3v) is 4.96. The summed E-state index contributed by atoms with van der Waals surface area (Å²) in [4.78, 5) is 14.5. The van der Waals surface area contributed by atoms with E-state index in [1.165, 1.54) is 0 Å². The van der Waals surface area contributed by atoms with Crippen LogP contribution in [-0.4, -0.2) is 36.3 Å². The van der Waals surface area contributed by atoms with E-state index in [0.717, 1.165) is 45.1 Å². The molecule has 1 atom stereocenters. The molecule has 2 aliphatic rings. The highest BCUT2D eigenvalue weighted by Gasteiger charge is 2.35. The summed E-state index contributed by atoms with van der Waals surface area (Å²) in [5.74, 6) is 1.46. The maximum absolute atomic E-state index is 12.6. The van der Waals surface area contributed by atoms with Gasteiger partial charge in [0.1, 0.15) is 11.6 Å². The molecule has 2 fully saturated rings. The topological polar surface area (TPSA) is 92.6 Å². The molecule has 0 spiro atoms. The van der Waals surface area contributed by atoms with E-state index >= 15 is 0 Å². The first-order valence-corrected chi connectivity index (χ1v) is 8.87. The molecule has 0 radical (unpaired) electrons. The predicted octanol–water partition coefficient (Wildman–Crippen LogP) is 3.23. The van der Waals surface area contributed by atoms with Crippen molar-refractivity contribution >= 4 is 17.4 Å². The van der Waals surface area contributed by atoms with Gasteiger partial charge in [0.15, 0.2) is 0 Å². The Morgan fingerprint density at radius 3 is 2.80 bits per heavy atom. The van der Waals surface area contributed by atoms with Crippen LogP contribution in [0.4, 0.5) is 5.69 Å². The first-order chi connectivity index (χ1) is 12.2. The first-order valence-electron chi connectivity index (χ1n) is 8.87. The number of carbonyl (C=O) groups excluding carboxylic acids is 1. The van der Waals surface area contributed by atoms with Gasteiger partial charge in [0, 0.05) is 18.5 Å². The number of ether oxygens (including phenoxy) is 1. The van der Waals surface area contributed by atoms with Gasteiger partial charge in [0.2, 0.25) is 5.91 Å². The van der Waals surface area contributed by atoms with Crippen LogP contribution in [-0.2, 0) is 4.79 Å². The van der Waals surface area contributed by atoms with Crippen LogP contribution in [0.2, 0.25) is 0 Å². The molecule has 3 rings (SSSR count). The van der Waals surface area contributed by atoms with E-state index in [0.29, 0.717) is 17.3 Å². The van der Waals surface area contributed by atoms with Gasteiger partial charge >= 0.3 is 0 Å². The van der Waals surface area contributed by atoms with Crippen molar-refractivity contribution in [2.24, 2.45) is 27.1 Å². The minimum Gasteiger partial charge on any atom is -0.497 e. The van der Waals surface area contributed by atoms with Crippen LogP contribution >= 0.6 is 0 Å². The first kappa shape index (κ1) is 17.4. The summed E-state index contributed by atoms with van der Waals surface area (Å²) in [6, 6.07) is 7.09. The number of nitrogens with two attached hydrogens (primary N) is 1. The number of hydrogen-bond donors (Lipinski definition) is 1. The number of nitrogens with zero attached hydrogens (tertiary/aromatic N) is 4. The molecule has 7 heteroatoms. The lowest BCUT2D eigenvalue weighted by Crippen LogP contribution is -2.53.